The number of esters is 1. The number of fused-ring (bicyclic) bond motifs is 1. The highest BCUT2D eigenvalue weighted by Crippen LogP contribution is 2.23. The smallest absolute Gasteiger partial charge is 0.313 e. The lowest BCUT2D eigenvalue weighted by Crippen LogP contribution is -2.41. The molecule has 11 heteroatoms. The van der Waals surface area contributed by atoms with E-state index in [9.17, 15) is 24.0 Å². The summed E-state index contributed by atoms with van der Waals surface area (Å²) < 4.78 is 6.40. The van der Waals surface area contributed by atoms with Gasteiger partial charge in [0.15, 0.2) is 10.9 Å². The number of aromatic nitrogens is 2. The van der Waals surface area contributed by atoms with Crippen molar-refractivity contribution in [1.82, 2.24) is 14.5 Å². The van der Waals surface area contributed by atoms with Gasteiger partial charge in [-0.25, -0.2) is 4.98 Å². The molecule has 1 aliphatic rings. The number of Topliss-reactive ketones (excluding diaryl/α,β-unsaturated/α-hetero) is 1. The van der Waals surface area contributed by atoms with Gasteiger partial charge in [-0.15, -0.1) is 0 Å². The molecular weight excluding hydrogens is 496 g/mol. The fraction of sp³-hybridized carbons (Fsp3) is 0.538. The molecule has 0 aliphatic carbocycles. The zero-order valence-corrected chi connectivity index (χ0v) is 22.2. The average Bonchev–Trinajstić information content (AvgIpc) is 2.88. The monoisotopic (exact) mass is 530 g/mol. The van der Waals surface area contributed by atoms with Gasteiger partial charge in [-0.1, -0.05) is 31.5 Å². The topological polar surface area (TPSA) is 142 Å². The molecule has 2 heterocycles. The molecule has 2 amide bonds. The van der Waals surface area contributed by atoms with E-state index in [1.54, 1.807) is 34.6 Å². The molecule has 0 bridgehead atoms. The fourth-order valence-electron chi connectivity index (χ4n) is 4.28. The van der Waals surface area contributed by atoms with Crippen LogP contribution in [0.4, 0.5) is 0 Å². The van der Waals surface area contributed by atoms with Crippen LogP contribution in [0.5, 0.6) is 0 Å². The number of hydrogen-bond acceptors (Lipinski definition) is 8. The van der Waals surface area contributed by atoms with Crippen molar-refractivity contribution in [2.45, 2.75) is 64.1 Å². The number of rotatable bonds is 12. The van der Waals surface area contributed by atoms with Crippen LogP contribution in [0, 0.1) is 5.92 Å². The highest BCUT2D eigenvalue weighted by Gasteiger charge is 2.27. The summed E-state index contributed by atoms with van der Waals surface area (Å²) in [6.45, 7) is 5.26. The summed E-state index contributed by atoms with van der Waals surface area (Å²) in [5.41, 5.74) is 5.93. The van der Waals surface area contributed by atoms with E-state index in [-0.39, 0.29) is 47.9 Å². The molecule has 1 aromatic heterocycles. The highest BCUT2D eigenvalue weighted by molar-refractivity contribution is 7.99. The molecule has 3 rings (SSSR count). The average molecular weight is 531 g/mol. The Balaban J connectivity index is 1.85. The fourth-order valence-corrected chi connectivity index (χ4v) is 5.16. The predicted molar refractivity (Wildman–Crippen MR) is 140 cm³/mol. The summed E-state index contributed by atoms with van der Waals surface area (Å²) in [6.07, 6.45) is 3.42. The van der Waals surface area contributed by atoms with E-state index in [0.29, 0.717) is 54.1 Å². The molecule has 0 spiro atoms. The standard InChI is InChI=1S/C26H34N4O6S/c1-3-5-6-11-30-25(35)20-8-7-18(24(34)29-12-9-17(10-13-29)23(27)33)14-21(20)28-26(30)37-16-19(31)15-22(32)36-4-2/h7-8,14,17H,3-6,9-13,15-16H2,1-2H3,(H2,27,33). The van der Waals surface area contributed by atoms with Crippen LogP contribution in [0.1, 0.15) is 62.7 Å². The number of primary amides is 1. The Morgan fingerprint density at radius 3 is 2.51 bits per heavy atom. The first-order valence-electron chi connectivity index (χ1n) is 12.7. The van der Waals surface area contributed by atoms with Crippen LogP contribution in [-0.4, -0.2) is 63.5 Å². The summed E-state index contributed by atoms with van der Waals surface area (Å²) in [4.78, 5) is 68.1. The zero-order chi connectivity index (χ0) is 26.9. The molecule has 1 saturated heterocycles. The summed E-state index contributed by atoms with van der Waals surface area (Å²) in [5, 5.41) is 0.764. The van der Waals surface area contributed by atoms with Crippen molar-refractivity contribution in [2.24, 2.45) is 11.7 Å². The van der Waals surface area contributed by atoms with Crippen LogP contribution in [0.15, 0.2) is 28.2 Å². The Hall–Kier alpha value is -3.21. The molecule has 1 fully saturated rings. The second-order valence-electron chi connectivity index (χ2n) is 9.07. The lowest BCUT2D eigenvalue weighted by Gasteiger charge is -2.30. The number of amides is 2. The van der Waals surface area contributed by atoms with Crippen LogP contribution >= 0.6 is 11.8 Å². The lowest BCUT2D eigenvalue weighted by molar-refractivity contribution is -0.145. The van der Waals surface area contributed by atoms with E-state index in [0.717, 1.165) is 31.0 Å². The Morgan fingerprint density at radius 1 is 1.14 bits per heavy atom. The SMILES string of the molecule is CCCCCn1c(SCC(=O)CC(=O)OCC)nc2cc(C(=O)N3CCC(C(N)=O)CC3)ccc2c1=O. The summed E-state index contributed by atoms with van der Waals surface area (Å²) in [6, 6.07) is 4.84. The first-order chi connectivity index (χ1) is 17.7. The largest absolute Gasteiger partial charge is 0.466 e. The van der Waals surface area contributed by atoms with Gasteiger partial charge >= 0.3 is 5.97 Å². The second kappa shape index (κ2) is 13.4. The Morgan fingerprint density at radius 2 is 1.86 bits per heavy atom. The molecule has 2 aromatic rings. The maximum Gasteiger partial charge on any atom is 0.313 e. The Bertz CT molecular complexity index is 1220. The van der Waals surface area contributed by atoms with E-state index >= 15 is 0 Å². The number of piperidine rings is 1. The molecule has 0 saturated carbocycles. The number of benzene rings is 1. The predicted octanol–water partition coefficient (Wildman–Crippen LogP) is 2.54. The Labute approximate surface area is 219 Å². The van der Waals surface area contributed by atoms with Gasteiger partial charge in [-0.05, 0) is 44.4 Å². The normalized spacial score (nSPS) is 14.1. The van der Waals surface area contributed by atoms with Crippen LogP contribution < -0.4 is 11.3 Å². The number of likely N-dealkylation sites (tertiary alicyclic amines) is 1. The number of ether oxygens (including phenoxy) is 1. The number of carbonyl (C=O) groups excluding carboxylic acids is 4. The number of nitrogens with two attached hydrogens (primary N) is 1. The maximum atomic E-state index is 13.3. The van der Waals surface area contributed by atoms with Gasteiger partial charge < -0.3 is 15.4 Å². The van der Waals surface area contributed by atoms with E-state index in [2.05, 4.69) is 11.9 Å². The number of carbonyl (C=O) groups is 4. The maximum absolute atomic E-state index is 13.3. The van der Waals surface area contributed by atoms with Gasteiger partial charge in [0.05, 0.1) is 23.3 Å². The van der Waals surface area contributed by atoms with E-state index in [1.807, 2.05) is 0 Å². The van der Waals surface area contributed by atoms with Crippen molar-refractivity contribution >= 4 is 46.2 Å². The third-order valence-electron chi connectivity index (χ3n) is 6.35. The Kier molecular flexibility index (Phi) is 10.2. The molecule has 2 N–H and O–H groups in total. The minimum Gasteiger partial charge on any atom is -0.466 e. The van der Waals surface area contributed by atoms with Crippen LogP contribution in [-0.2, 0) is 25.7 Å². The van der Waals surface area contributed by atoms with E-state index in [4.69, 9.17) is 10.5 Å². The summed E-state index contributed by atoms with van der Waals surface area (Å²) in [7, 11) is 0. The van der Waals surface area contributed by atoms with Gasteiger partial charge in [0, 0.05) is 31.1 Å². The highest BCUT2D eigenvalue weighted by atomic mass is 32.2. The minimum absolute atomic E-state index is 0.0298. The molecule has 10 nitrogen and oxygen atoms in total. The van der Waals surface area contributed by atoms with Gasteiger partial charge in [0.1, 0.15) is 6.42 Å². The molecule has 37 heavy (non-hydrogen) atoms. The molecule has 0 radical (unpaired) electrons. The van der Waals surface area contributed by atoms with E-state index in [1.165, 1.54) is 0 Å². The molecule has 1 aliphatic heterocycles. The summed E-state index contributed by atoms with van der Waals surface area (Å²) >= 11 is 1.10. The van der Waals surface area contributed by atoms with E-state index < -0.39 is 5.97 Å². The number of hydrogen-bond donors (Lipinski definition) is 1. The first kappa shape index (κ1) is 28.4. The molecular formula is C26H34N4O6S. The van der Waals surface area contributed by atoms with Crippen LogP contribution in [0.2, 0.25) is 0 Å². The van der Waals surface area contributed by atoms with Gasteiger partial charge in [-0.3, -0.25) is 28.5 Å². The van der Waals surface area contributed by atoms with Gasteiger partial charge in [0.25, 0.3) is 11.5 Å². The van der Waals surface area contributed by atoms with Gasteiger partial charge in [0.2, 0.25) is 5.91 Å². The van der Waals surface area contributed by atoms with Gasteiger partial charge in [-0.2, -0.15) is 0 Å². The number of thioether (sulfide) groups is 1. The van der Waals surface area contributed by atoms with Crippen molar-refractivity contribution in [3.8, 4) is 0 Å². The zero-order valence-electron chi connectivity index (χ0n) is 21.4. The van der Waals surface area contributed by atoms with Crippen molar-refractivity contribution < 1.29 is 23.9 Å². The number of ketones is 1. The van der Waals surface area contributed by atoms with Crippen LogP contribution in [0.3, 0.4) is 0 Å². The van der Waals surface area contributed by atoms with Crippen molar-refractivity contribution in [2.75, 3.05) is 25.4 Å². The molecule has 0 unspecified atom stereocenters. The van der Waals surface area contributed by atoms with Crippen LogP contribution in [0.25, 0.3) is 10.9 Å². The van der Waals surface area contributed by atoms with Crippen molar-refractivity contribution in [3.63, 3.8) is 0 Å². The third kappa shape index (κ3) is 7.41. The molecule has 200 valence electrons. The number of nitrogens with zero attached hydrogens (tertiary/aromatic N) is 3. The van der Waals surface area contributed by atoms with Crippen molar-refractivity contribution in [1.29, 1.82) is 0 Å². The third-order valence-corrected chi connectivity index (χ3v) is 7.38. The number of unbranched alkanes of at least 4 members (excludes halogenated alkanes) is 2. The molecule has 0 atom stereocenters. The lowest BCUT2D eigenvalue weighted by atomic mass is 9.96. The quantitative estimate of drug-likeness (QED) is 0.145. The summed E-state index contributed by atoms with van der Waals surface area (Å²) in [5.74, 6) is -1.69. The van der Waals surface area contributed by atoms with Crippen molar-refractivity contribution in [3.05, 3.63) is 34.1 Å². The minimum atomic E-state index is -0.581. The molecule has 1 aromatic carbocycles. The first-order valence-corrected chi connectivity index (χ1v) is 13.7. The second-order valence-corrected chi connectivity index (χ2v) is 10.0.